The minimum Gasteiger partial charge on any atom is -0.480 e. The van der Waals surface area contributed by atoms with Crippen molar-refractivity contribution in [3.63, 3.8) is 0 Å². The van der Waals surface area contributed by atoms with E-state index in [1.807, 2.05) is 45.0 Å². The van der Waals surface area contributed by atoms with E-state index in [0.717, 1.165) is 22.9 Å². The Kier molecular flexibility index (Phi) is 4.15. The Labute approximate surface area is 133 Å². The standard InChI is InChI=1S/C16H20BrNO3/c1-15(2,3)12(13(19)20)18-14(21)16(8-9-16)10-4-6-11(17)7-5-10/h4-7,12H,8-9H2,1-3H3,(H,18,21)(H,19,20). The first-order chi connectivity index (χ1) is 9.67. The molecule has 1 saturated carbocycles. The quantitative estimate of drug-likeness (QED) is 0.873. The highest BCUT2D eigenvalue weighted by Crippen LogP contribution is 2.48. The smallest absolute Gasteiger partial charge is 0.326 e. The number of rotatable bonds is 4. The van der Waals surface area contributed by atoms with Gasteiger partial charge >= 0.3 is 5.97 Å². The molecule has 21 heavy (non-hydrogen) atoms. The van der Waals surface area contributed by atoms with Crippen molar-refractivity contribution >= 4 is 27.8 Å². The van der Waals surface area contributed by atoms with Crippen LogP contribution < -0.4 is 5.32 Å². The summed E-state index contributed by atoms with van der Waals surface area (Å²) in [4.78, 5) is 24.0. The van der Waals surface area contributed by atoms with E-state index in [-0.39, 0.29) is 5.91 Å². The van der Waals surface area contributed by atoms with Gasteiger partial charge in [0.15, 0.2) is 0 Å². The van der Waals surface area contributed by atoms with E-state index >= 15 is 0 Å². The predicted molar refractivity (Wildman–Crippen MR) is 84.1 cm³/mol. The number of halogens is 1. The van der Waals surface area contributed by atoms with Crippen molar-refractivity contribution in [1.82, 2.24) is 5.32 Å². The fourth-order valence-corrected chi connectivity index (χ4v) is 2.72. The first-order valence-electron chi connectivity index (χ1n) is 6.97. The second-order valence-electron chi connectivity index (χ2n) is 6.70. The zero-order valence-electron chi connectivity index (χ0n) is 12.4. The van der Waals surface area contributed by atoms with Crippen LogP contribution in [0, 0.1) is 5.41 Å². The van der Waals surface area contributed by atoms with Crippen molar-refractivity contribution in [3.05, 3.63) is 34.3 Å². The van der Waals surface area contributed by atoms with Gasteiger partial charge in [-0.25, -0.2) is 4.79 Å². The maximum atomic E-state index is 12.6. The Bertz CT molecular complexity index is 556. The Balaban J connectivity index is 2.20. The van der Waals surface area contributed by atoms with Gasteiger partial charge < -0.3 is 10.4 Å². The molecule has 1 amide bonds. The van der Waals surface area contributed by atoms with Crippen LogP contribution in [0.5, 0.6) is 0 Å². The van der Waals surface area contributed by atoms with E-state index in [1.165, 1.54) is 0 Å². The number of benzene rings is 1. The summed E-state index contributed by atoms with van der Waals surface area (Å²) in [6.45, 7) is 5.43. The summed E-state index contributed by atoms with van der Waals surface area (Å²) in [5.74, 6) is -1.19. The monoisotopic (exact) mass is 353 g/mol. The molecule has 0 heterocycles. The minimum atomic E-state index is -0.998. The fourth-order valence-electron chi connectivity index (χ4n) is 2.46. The summed E-state index contributed by atoms with van der Waals surface area (Å²) in [6.07, 6.45) is 1.52. The van der Waals surface area contributed by atoms with E-state index in [4.69, 9.17) is 0 Å². The highest BCUT2D eigenvalue weighted by atomic mass is 79.9. The number of carboxylic acids is 1. The normalized spacial score (nSPS) is 17.9. The zero-order valence-corrected chi connectivity index (χ0v) is 14.0. The van der Waals surface area contributed by atoms with E-state index in [9.17, 15) is 14.7 Å². The molecular formula is C16H20BrNO3. The van der Waals surface area contributed by atoms with Crippen LogP contribution in [0.25, 0.3) is 0 Å². The molecule has 5 heteroatoms. The number of nitrogens with one attached hydrogen (secondary N) is 1. The molecule has 4 nitrogen and oxygen atoms in total. The van der Waals surface area contributed by atoms with Gasteiger partial charge in [0, 0.05) is 4.47 Å². The van der Waals surface area contributed by atoms with E-state index in [1.54, 1.807) is 0 Å². The third kappa shape index (κ3) is 3.28. The summed E-state index contributed by atoms with van der Waals surface area (Å²) in [7, 11) is 0. The lowest BCUT2D eigenvalue weighted by Crippen LogP contribution is -2.52. The van der Waals surface area contributed by atoms with E-state index in [2.05, 4.69) is 21.2 Å². The van der Waals surface area contributed by atoms with Gasteiger partial charge in [-0.15, -0.1) is 0 Å². The highest BCUT2D eigenvalue weighted by Gasteiger charge is 2.52. The molecule has 1 aromatic rings. The van der Waals surface area contributed by atoms with Gasteiger partial charge in [-0.2, -0.15) is 0 Å². The number of hydrogen-bond acceptors (Lipinski definition) is 2. The molecular weight excluding hydrogens is 334 g/mol. The summed E-state index contributed by atoms with van der Waals surface area (Å²) in [5, 5.41) is 12.1. The van der Waals surface area contributed by atoms with Gasteiger partial charge in [-0.3, -0.25) is 4.79 Å². The van der Waals surface area contributed by atoms with Crippen LogP contribution in [0.2, 0.25) is 0 Å². The summed E-state index contributed by atoms with van der Waals surface area (Å²) >= 11 is 3.38. The van der Waals surface area contributed by atoms with Crippen LogP contribution in [0.1, 0.15) is 39.2 Å². The van der Waals surface area contributed by atoms with Gasteiger partial charge in [-0.1, -0.05) is 48.8 Å². The Morgan fingerprint density at radius 1 is 1.24 bits per heavy atom. The third-order valence-electron chi connectivity index (χ3n) is 3.97. The summed E-state index contributed by atoms with van der Waals surface area (Å²) in [5.41, 5.74) is -0.141. The Morgan fingerprint density at radius 3 is 2.14 bits per heavy atom. The predicted octanol–water partition coefficient (Wildman–Crippen LogP) is 3.10. The number of carbonyl (C=O) groups is 2. The molecule has 1 unspecified atom stereocenters. The van der Waals surface area contributed by atoms with Gasteiger partial charge in [0.05, 0.1) is 5.41 Å². The molecule has 0 radical (unpaired) electrons. The fraction of sp³-hybridized carbons (Fsp3) is 0.500. The largest absolute Gasteiger partial charge is 0.480 e. The van der Waals surface area contributed by atoms with Crippen molar-refractivity contribution in [2.45, 2.75) is 45.1 Å². The van der Waals surface area contributed by atoms with Crippen LogP contribution in [-0.2, 0) is 15.0 Å². The summed E-state index contributed by atoms with van der Waals surface area (Å²) < 4.78 is 0.959. The van der Waals surface area contributed by atoms with E-state index in [0.29, 0.717) is 0 Å². The number of carboxylic acid groups (broad SMARTS) is 1. The summed E-state index contributed by atoms with van der Waals surface area (Å²) in [6, 6.07) is 6.76. The molecule has 1 aliphatic rings. The van der Waals surface area contributed by atoms with Crippen molar-refractivity contribution in [3.8, 4) is 0 Å². The maximum Gasteiger partial charge on any atom is 0.326 e. The van der Waals surface area contributed by atoms with Crippen LogP contribution in [0.15, 0.2) is 28.7 Å². The average molecular weight is 354 g/mol. The SMILES string of the molecule is CC(C)(C)C(NC(=O)C1(c2ccc(Br)cc2)CC1)C(=O)O. The van der Waals surface area contributed by atoms with E-state index < -0.39 is 22.8 Å². The maximum absolute atomic E-state index is 12.6. The number of amides is 1. The van der Waals surface area contributed by atoms with Crippen molar-refractivity contribution in [2.24, 2.45) is 5.41 Å². The molecule has 0 saturated heterocycles. The van der Waals surface area contributed by atoms with Crippen LogP contribution in [0.4, 0.5) is 0 Å². The van der Waals surface area contributed by atoms with Crippen LogP contribution >= 0.6 is 15.9 Å². The Morgan fingerprint density at radius 2 is 1.76 bits per heavy atom. The molecule has 1 aliphatic carbocycles. The van der Waals surface area contributed by atoms with Crippen molar-refractivity contribution in [2.75, 3.05) is 0 Å². The topological polar surface area (TPSA) is 66.4 Å². The van der Waals surface area contributed by atoms with Crippen molar-refractivity contribution < 1.29 is 14.7 Å². The number of hydrogen-bond donors (Lipinski definition) is 2. The molecule has 0 aromatic heterocycles. The lowest BCUT2D eigenvalue weighted by Gasteiger charge is -2.29. The first-order valence-corrected chi connectivity index (χ1v) is 7.76. The molecule has 1 atom stereocenters. The first kappa shape index (κ1) is 16.0. The third-order valence-corrected chi connectivity index (χ3v) is 4.50. The molecule has 0 spiro atoms. The highest BCUT2D eigenvalue weighted by molar-refractivity contribution is 9.10. The molecule has 2 rings (SSSR count). The molecule has 0 bridgehead atoms. The lowest BCUT2D eigenvalue weighted by molar-refractivity contribution is -0.145. The molecule has 114 valence electrons. The average Bonchev–Trinajstić information content (AvgIpc) is 3.16. The van der Waals surface area contributed by atoms with Crippen LogP contribution in [-0.4, -0.2) is 23.0 Å². The Hall–Kier alpha value is -1.36. The van der Waals surface area contributed by atoms with Gasteiger partial charge in [0.2, 0.25) is 5.91 Å². The molecule has 2 N–H and O–H groups in total. The molecule has 1 aromatic carbocycles. The van der Waals surface area contributed by atoms with Gasteiger partial charge in [-0.05, 0) is 36.0 Å². The second kappa shape index (κ2) is 5.44. The second-order valence-corrected chi connectivity index (χ2v) is 7.62. The number of aliphatic carboxylic acids is 1. The van der Waals surface area contributed by atoms with Gasteiger partial charge in [0.25, 0.3) is 0 Å². The van der Waals surface area contributed by atoms with Crippen molar-refractivity contribution in [1.29, 1.82) is 0 Å². The van der Waals surface area contributed by atoms with Crippen LogP contribution in [0.3, 0.4) is 0 Å². The lowest BCUT2D eigenvalue weighted by atomic mass is 9.85. The molecule has 1 fully saturated rings. The van der Waals surface area contributed by atoms with Gasteiger partial charge in [0.1, 0.15) is 6.04 Å². The minimum absolute atomic E-state index is 0.188. The zero-order chi connectivity index (χ0) is 15.8. The molecule has 0 aliphatic heterocycles. The number of carbonyl (C=O) groups excluding carboxylic acids is 1.